The second kappa shape index (κ2) is 6.45. The van der Waals surface area contributed by atoms with Crippen molar-refractivity contribution in [2.75, 3.05) is 26.8 Å². The Kier molecular flexibility index (Phi) is 5.13. The van der Waals surface area contributed by atoms with Crippen LogP contribution < -0.4 is 5.32 Å². The molecule has 0 aliphatic heterocycles. The molecule has 1 aliphatic carbocycles. The Bertz CT molecular complexity index is 418. The topological polar surface area (TPSA) is 21.3 Å². The zero-order valence-corrected chi connectivity index (χ0v) is 13.0. The standard InChI is InChI=1S/C15H21Cl2NO/c1-11-6-7-15(11,10-18-8-9-19-2)14-12(16)4-3-5-13(14)17/h3-5,11,18H,6-10H2,1-2H3. The van der Waals surface area contributed by atoms with Crippen LogP contribution in [0.5, 0.6) is 0 Å². The lowest BCUT2D eigenvalue weighted by atomic mass is 9.57. The van der Waals surface area contributed by atoms with Crippen LogP contribution in [0.4, 0.5) is 0 Å². The van der Waals surface area contributed by atoms with Crippen LogP contribution >= 0.6 is 23.2 Å². The maximum Gasteiger partial charge on any atom is 0.0587 e. The largest absolute Gasteiger partial charge is 0.383 e. The van der Waals surface area contributed by atoms with E-state index in [1.807, 2.05) is 18.2 Å². The fourth-order valence-corrected chi connectivity index (χ4v) is 3.74. The van der Waals surface area contributed by atoms with Gasteiger partial charge in [0, 0.05) is 35.7 Å². The Morgan fingerprint density at radius 3 is 2.53 bits per heavy atom. The highest BCUT2D eigenvalue weighted by Crippen LogP contribution is 2.52. The zero-order chi connectivity index (χ0) is 13.9. The predicted octanol–water partition coefficient (Wildman–Crippen LogP) is 3.90. The minimum atomic E-state index is 0.0726. The molecule has 2 nitrogen and oxygen atoms in total. The molecule has 1 N–H and O–H groups in total. The molecule has 1 saturated carbocycles. The molecule has 4 heteroatoms. The van der Waals surface area contributed by atoms with Crippen molar-refractivity contribution in [1.82, 2.24) is 5.32 Å². The first kappa shape index (κ1) is 15.1. The average molecular weight is 302 g/mol. The summed E-state index contributed by atoms with van der Waals surface area (Å²) in [6, 6.07) is 5.78. The second-order valence-corrected chi connectivity index (χ2v) is 6.18. The summed E-state index contributed by atoms with van der Waals surface area (Å²) in [7, 11) is 1.72. The van der Waals surface area contributed by atoms with E-state index in [0.717, 1.165) is 41.7 Å². The van der Waals surface area contributed by atoms with Crippen molar-refractivity contribution in [3.63, 3.8) is 0 Å². The summed E-state index contributed by atoms with van der Waals surface area (Å²) < 4.78 is 5.07. The Morgan fingerprint density at radius 2 is 2.05 bits per heavy atom. The Morgan fingerprint density at radius 1 is 1.37 bits per heavy atom. The first-order valence-corrected chi connectivity index (χ1v) is 7.51. The van der Waals surface area contributed by atoms with E-state index in [1.165, 1.54) is 6.42 Å². The highest BCUT2D eigenvalue weighted by Gasteiger charge is 2.47. The molecule has 0 saturated heterocycles. The SMILES string of the molecule is COCCNCC1(c2c(Cl)cccc2Cl)CCC1C. The Labute approximate surface area is 125 Å². The van der Waals surface area contributed by atoms with Crippen molar-refractivity contribution in [2.24, 2.45) is 5.92 Å². The zero-order valence-electron chi connectivity index (χ0n) is 11.5. The van der Waals surface area contributed by atoms with Gasteiger partial charge in [0.15, 0.2) is 0 Å². The third kappa shape index (κ3) is 2.92. The van der Waals surface area contributed by atoms with Gasteiger partial charge >= 0.3 is 0 Å². The van der Waals surface area contributed by atoms with Gasteiger partial charge < -0.3 is 10.1 Å². The molecule has 1 aromatic carbocycles. The number of methoxy groups -OCH3 is 1. The first-order chi connectivity index (χ1) is 9.12. The van der Waals surface area contributed by atoms with Crippen molar-refractivity contribution < 1.29 is 4.74 Å². The number of benzene rings is 1. The van der Waals surface area contributed by atoms with Crippen molar-refractivity contribution in [2.45, 2.75) is 25.2 Å². The quantitative estimate of drug-likeness (QED) is 0.805. The van der Waals surface area contributed by atoms with Gasteiger partial charge in [0.2, 0.25) is 0 Å². The molecule has 0 amide bonds. The molecule has 1 aromatic rings. The third-order valence-electron chi connectivity index (χ3n) is 4.35. The molecule has 1 aliphatic rings. The monoisotopic (exact) mass is 301 g/mol. The summed E-state index contributed by atoms with van der Waals surface area (Å²) in [4.78, 5) is 0. The maximum atomic E-state index is 6.40. The fraction of sp³-hybridized carbons (Fsp3) is 0.600. The Hall–Kier alpha value is -0.280. The van der Waals surface area contributed by atoms with Crippen LogP contribution in [-0.2, 0) is 10.2 Å². The summed E-state index contributed by atoms with van der Waals surface area (Å²) in [5, 5.41) is 5.04. The van der Waals surface area contributed by atoms with Crippen molar-refractivity contribution in [3.05, 3.63) is 33.8 Å². The summed E-state index contributed by atoms with van der Waals surface area (Å²) in [5.74, 6) is 0.597. The Balaban J connectivity index is 2.20. The van der Waals surface area contributed by atoms with Gasteiger partial charge in [0.25, 0.3) is 0 Å². The fourth-order valence-electron chi connectivity index (χ4n) is 2.96. The first-order valence-electron chi connectivity index (χ1n) is 6.76. The van der Waals surface area contributed by atoms with E-state index in [2.05, 4.69) is 12.2 Å². The number of ether oxygens (including phenoxy) is 1. The van der Waals surface area contributed by atoms with Gasteiger partial charge in [-0.05, 0) is 36.5 Å². The van der Waals surface area contributed by atoms with Crippen LogP contribution in [0.2, 0.25) is 10.0 Å². The summed E-state index contributed by atoms with van der Waals surface area (Å²) in [6.07, 6.45) is 2.37. The average Bonchev–Trinajstić information content (AvgIpc) is 2.39. The number of rotatable bonds is 6. The van der Waals surface area contributed by atoms with Gasteiger partial charge in [-0.3, -0.25) is 0 Å². The van der Waals surface area contributed by atoms with E-state index in [1.54, 1.807) is 7.11 Å². The van der Waals surface area contributed by atoms with Gasteiger partial charge in [0.1, 0.15) is 0 Å². The lowest BCUT2D eigenvalue weighted by molar-refractivity contribution is 0.128. The molecular formula is C15H21Cl2NO. The van der Waals surface area contributed by atoms with E-state index >= 15 is 0 Å². The normalized spacial score (nSPS) is 26.2. The smallest absolute Gasteiger partial charge is 0.0587 e. The number of halogens is 2. The van der Waals surface area contributed by atoms with Gasteiger partial charge in [-0.2, -0.15) is 0 Å². The lowest BCUT2D eigenvalue weighted by Crippen LogP contribution is -2.51. The highest BCUT2D eigenvalue weighted by atomic mass is 35.5. The van der Waals surface area contributed by atoms with E-state index in [-0.39, 0.29) is 5.41 Å². The van der Waals surface area contributed by atoms with Crippen LogP contribution in [0.3, 0.4) is 0 Å². The molecule has 0 aromatic heterocycles. The van der Waals surface area contributed by atoms with Crippen LogP contribution in [0.1, 0.15) is 25.3 Å². The van der Waals surface area contributed by atoms with Gasteiger partial charge in [0.05, 0.1) is 6.61 Å². The number of hydrogen-bond donors (Lipinski definition) is 1. The number of hydrogen-bond acceptors (Lipinski definition) is 2. The van der Waals surface area contributed by atoms with E-state index in [4.69, 9.17) is 27.9 Å². The molecule has 2 unspecified atom stereocenters. The van der Waals surface area contributed by atoms with Crippen LogP contribution in [0, 0.1) is 5.92 Å². The summed E-state index contributed by atoms with van der Waals surface area (Å²) in [5.41, 5.74) is 1.19. The van der Waals surface area contributed by atoms with E-state index in [9.17, 15) is 0 Å². The molecule has 106 valence electrons. The van der Waals surface area contributed by atoms with Gasteiger partial charge in [-0.1, -0.05) is 36.2 Å². The molecule has 0 heterocycles. The lowest BCUT2D eigenvalue weighted by Gasteiger charge is -2.49. The highest BCUT2D eigenvalue weighted by molar-refractivity contribution is 6.36. The van der Waals surface area contributed by atoms with Crippen LogP contribution in [0.15, 0.2) is 18.2 Å². The van der Waals surface area contributed by atoms with Crippen molar-refractivity contribution in [3.8, 4) is 0 Å². The predicted molar refractivity (Wildman–Crippen MR) is 81.3 cm³/mol. The molecule has 19 heavy (non-hydrogen) atoms. The molecule has 2 rings (SSSR count). The minimum absolute atomic E-state index is 0.0726. The molecule has 0 spiro atoms. The second-order valence-electron chi connectivity index (χ2n) is 5.36. The van der Waals surface area contributed by atoms with Crippen molar-refractivity contribution >= 4 is 23.2 Å². The van der Waals surface area contributed by atoms with Crippen LogP contribution in [-0.4, -0.2) is 26.8 Å². The maximum absolute atomic E-state index is 6.40. The number of nitrogens with one attached hydrogen (secondary N) is 1. The van der Waals surface area contributed by atoms with E-state index < -0.39 is 0 Å². The molecular weight excluding hydrogens is 281 g/mol. The van der Waals surface area contributed by atoms with Gasteiger partial charge in [-0.25, -0.2) is 0 Å². The third-order valence-corrected chi connectivity index (χ3v) is 4.98. The summed E-state index contributed by atoms with van der Waals surface area (Å²) >= 11 is 12.8. The van der Waals surface area contributed by atoms with Crippen molar-refractivity contribution in [1.29, 1.82) is 0 Å². The molecule has 2 atom stereocenters. The van der Waals surface area contributed by atoms with Gasteiger partial charge in [-0.15, -0.1) is 0 Å². The minimum Gasteiger partial charge on any atom is -0.383 e. The molecule has 1 fully saturated rings. The van der Waals surface area contributed by atoms with E-state index in [0.29, 0.717) is 5.92 Å². The van der Waals surface area contributed by atoms with Crippen LogP contribution in [0.25, 0.3) is 0 Å². The molecule has 0 radical (unpaired) electrons. The molecule has 0 bridgehead atoms. The summed E-state index contributed by atoms with van der Waals surface area (Å²) in [6.45, 7) is 4.76.